The van der Waals surface area contributed by atoms with E-state index in [0.717, 1.165) is 40.0 Å². The average Bonchev–Trinajstić information content (AvgIpc) is 3.61. The number of hydrogen-bond donors (Lipinski definition) is 0. The van der Waals surface area contributed by atoms with Crippen molar-refractivity contribution in [3.63, 3.8) is 0 Å². The van der Waals surface area contributed by atoms with Crippen molar-refractivity contribution in [2.45, 2.75) is 25.7 Å². The summed E-state index contributed by atoms with van der Waals surface area (Å²) in [7, 11) is 0. The summed E-state index contributed by atoms with van der Waals surface area (Å²) in [5.74, 6) is 0.752. The van der Waals surface area contributed by atoms with Crippen LogP contribution in [0.5, 0.6) is 0 Å². The summed E-state index contributed by atoms with van der Waals surface area (Å²) >= 11 is 0. The van der Waals surface area contributed by atoms with Gasteiger partial charge in [0.05, 0.1) is 11.2 Å². The molecule has 10 rings (SSSR count). The average molecular weight is 613 g/mol. The van der Waals surface area contributed by atoms with Gasteiger partial charge < -0.3 is 0 Å². The van der Waals surface area contributed by atoms with Crippen molar-refractivity contribution in [1.29, 1.82) is 0 Å². The zero-order chi connectivity index (χ0) is 32.0. The van der Waals surface area contributed by atoms with Gasteiger partial charge in [-0.25, -0.2) is 9.97 Å². The Balaban J connectivity index is 1.14. The number of aromatic nitrogens is 2. The smallest absolute Gasteiger partial charge is 0.160 e. The van der Waals surface area contributed by atoms with Gasteiger partial charge in [0.25, 0.3) is 0 Å². The quantitative estimate of drug-likeness (QED) is 0.198. The Hall–Kier alpha value is -5.86. The van der Waals surface area contributed by atoms with Crippen LogP contribution >= 0.6 is 0 Å². The summed E-state index contributed by atoms with van der Waals surface area (Å²) in [6.07, 6.45) is 0.989. The number of nitrogens with zero attached hydrogens (tertiary/aromatic N) is 2. The minimum Gasteiger partial charge on any atom is -0.228 e. The Morgan fingerprint density at radius 3 is 2.12 bits per heavy atom. The lowest BCUT2D eigenvalue weighted by Crippen LogP contribution is -2.15. The highest BCUT2D eigenvalue weighted by Crippen LogP contribution is 2.53. The van der Waals surface area contributed by atoms with Crippen molar-refractivity contribution < 1.29 is 0 Å². The molecular formula is C46H32N2. The fourth-order valence-electron chi connectivity index (χ4n) is 8.24. The SMILES string of the molecule is CC1(C)c2ccc(-c3nc(-c4ccccc4)c4cc(-c5cccc6ccccc56)ccc4n3)cc2-c2cc3c(cc21)-c1ccccc1C3. The highest BCUT2D eigenvalue weighted by atomic mass is 14.9. The number of benzene rings is 7. The molecule has 0 N–H and O–H groups in total. The fourth-order valence-corrected chi connectivity index (χ4v) is 8.24. The Labute approximate surface area is 280 Å². The van der Waals surface area contributed by atoms with E-state index in [9.17, 15) is 0 Å². The van der Waals surface area contributed by atoms with Crippen LogP contribution in [0.3, 0.4) is 0 Å². The van der Waals surface area contributed by atoms with E-state index in [1.54, 1.807) is 0 Å². The van der Waals surface area contributed by atoms with Crippen molar-refractivity contribution in [2.75, 3.05) is 0 Å². The van der Waals surface area contributed by atoms with E-state index in [4.69, 9.17) is 9.97 Å². The molecule has 0 atom stereocenters. The Bertz CT molecular complexity index is 2610. The van der Waals surface area contributed by atoms with Gasteiger partial charge in [0.15, 0.2) is 5.82 Å². The molecule has 2 nitrogen and oxygen atoms in total. The van der Waals surface area contributed by atoms with Crippen LogP contribution in [0, 0.1) is 0 Å². The molecule has 0 bridgehead atoms. The molecule has 0 amide bonds. The molecule has 0 saturated carbocycles. The highest BCUT2D eigenvalue weighted by Gasteiger charge is 2.37. The maximum atomic E-state index is 5.33. The van der Waals surface area contributed by atoms with E-state index in [1.165, 1.54) is 66.4 Å². The van der Waals surface area contributed by atoms with Gasteiger partial charge in [-0.05, 0) is 103 Å². The maximum absolute atomic E-state index is 5.33. The van der Waals surface area contributed by atoms with Crippen LogP contribution < -0.4 is 0 Å². The highest BCUT2D eigenvalue weighted by molar-refractivity contribution is 6.01. The van der Waals surface area contributed by atoms with Gasteiger partial charge in [-0.2, -0.15) is 0 Å². The minimum atomic E-state index is -0.0901. The second-order valence-electron chi connectivity index (χ2n) is 13.8. The van der Waals surface area contributed by atoms with Crippen molar-refractivity contribution in [3.8, 4) is 56.0 Å². The van der Waals surface area contributed by atoms with Crippen LogP contribution in [-0.2, 0) is 11.8 Å². The van der Waals surface area contributed by atoms with Crippen LogP contribution in [0.15, 0.2) is 146 Å². The molecule has 48 heavy (non-hydrogen) atoms. The molecule has 2 heteroatoms. The van der Waals surface area contributed by atoms with Crippen molar-refractivity contribution in [3.05, 3.63) is 168 Å². The molecule has 2 aliphatic rings. The molecule has 7 aromatic carbocycles. The number of hydrogen-bond acceptors (Lipinski definition) is 2. The second-order valence-corrected chi connectivity index (χ2v) is 13.8. The van der Waals surface area contributed by atoms with Gasteiger partial charge >= 0.3 is 0 Å². The Kier molecular flexibility index (Phi) is 5.72. The van der Waals surface area contributed by atoms with Crippen molar-refractivity contribution in [2.24, 2.45) is 0 Å². The molecule has 0 spiro atoms. The molecule has 0 saturated heterocycles. The summed E-state index contributed by atoms with van der Waals surface area (Å²) in [4.78, 5) is 10.6. The topological polar surface area (TPSA) is 25.8 Å². The summed E-state index contributed by atoms with van der Waals surface area (Å²) in [5.41, 5.74) is 17.3. The lowest BCUT2D eigenvalue weighted by molar-refractivity contribution is 0.660. The first kappa shape index (κ1) is 27.3. The minimum absolute atomic E-state index is 0.0901. The lowest BCUT2D eigenvalue weighted by atomic mass is 9.81. The monoisotopic (exact) mass is 612 g/mol. The molecule has 0 radical (unpaired) electrons. The molecule has 0 aliphatic heterocycles. The van der Waals surface area contributed by atoms with Crippen LogP contribution in [0.25, 0.3) is 77.7 Å². The Morgan fingerprint density at radius 2 is 1.21 bits per heavy atom. The fraction of sp³-hybridized carbons (Fsp3) is 0.0870. The third kappa shape index (κ3) is 3.99. The van der Waals surface area contributed by atoms with Gasteiger partial charge in [0, 0.05) is 21.9 Å². The largest absolute Gasteiger partial charge is 0.228 e. The molecule has 1 aromatic heterocycles. The molecule has 226 valence electrons. The molecule has 0 fully saturated rings. The van der Waals surface area contributed by atoms with Crippen molar-refractivity contribution >= 4 is 21.7 Å². The van der Waals surface area contributed by atoms with E-state index >= 15 is 0 Å². The predicted octanol–water partition coefficient (Wildman–Crippen LogP) is 11.7. The summed E-state index contributed by atoms with van der Waals surface area (Å²) in [5, 5.41) is 3.54. The van der Waals surface area contributed by atoms with Crippen molar-refractivity contribution in [1.82, 2.24) is 9.97 Å². The third-order valence-corrected chi connectivity index (χ3v) is 10.7. The molecule has 1 heterocycles. The first-order valence-corrected chi connectivity index (χ1v) is 16.8. The first-order valence-electron chi connectivity index (χ1n) is 16.8. The van der Waals surface area contributed by atoms with E-state index in [1.807, 2.05) is 0 Å². The summed E-state index contributed by atoms with van der Waals surface area (Å²) < 4.78 is 0. The van der Waals surface area contributed by atoms with Gasteiger partial charge in [-0.3, -0.25) is 0 Å². The standard InChI is InChI=1S/C46H32N2/c1-46(2)41-21-19-32(25-38(41)39-26-33-23-30-14-7-9-17-36(30)37(33)27-42(39)46)45-47-43-22-20-31(35-18-10-15-28-11-6-8-16-34(28)35)24-40(43)44(48-45)29-12-4-3-5-13-29/h3-22,24-27H,23H2,1-2H3. The molecule has 8 aromatic rings. The van der Waals surface area contributed by atoms with Crippen LogP contribution in [0.2, 0.25) is 0 Å². The van der Waals surface area contributed by atoms with Gasteiger partial charge in [0.2, 0.25) is 0 Å². The van der Waals surface area contributed by atoms with E-state index in [2.05, 4.69) is 159 Å². The predicted molar refractivity (Wildman–Crippen MR) is 199 cm³/mol. The second kappa shape index (κ2) is 10.1. The maximum Gasteiger partial charge on any atom is 0.160 e. The van der Waals surface area contributed by atoms with E-state index in [-0.39, 0.29) is 5.41 Å². The van der Waals surface area contributed by atoms with Gasteiger partial charge in [0.1, 0.15) is 0 Å². The van der Waals surface area contributed by atoms with Crippen LogP contribution in [0.4, 0.5) is 0 Å². The number of fused-ring (bicyclic) bond motifs is 8. The zero-order valence-electron chi connectivity index (χ0n) is 27.0. The third-order valence-electron chi connectivity index (χ3n) is 10.7. The Morgan fingerprint density at radius 1 is 0.458 bits per heavy atom. The lowest BCUT2D eigenvalue weighted by Gasteiger charge is -2.22. The van der Waals surface area contributed by atoms with E-state index in [0.29, 0.717) is 0 Å². The van der Waals surface area contributed by atoms with Gasteiger partial charge in [-0.1, -0.05) is 129 Å². The summed E-state index contributed by atoms with van der Waals surface area (Å²) in [6, 6.07) is 52.9. The van der Waals surface area contributed by atoms with E-state index < -0.39 is 0 Å². The molecular weight excluding hydrogens is 581 g/mol. The zero-order valence-corrected chi connectivity index (χ0v) is 27.0. The molecule has 2 aliphatic carbocycles. The van der Waals surface area contributed by atoms with Crippen LogP contribution in [-0.4, -0.2) is 9.97 Å². The summed E-state index contributed by atoms with van der Waals surface area (Å²) in [6.45, 7) is 4.72. The van der Waals surface area contributed by atoms with Gasteiger partial charge in [-0.15, -0.1) is 0 Å². The first-order chi connectivity index (χ1) is 23.5. The normalized spacial score (nSPS) is 13.7. The van der Waals surface area contributed by atoms with Crippen LogP contribution in [0.1, 0.15) is 36.1 Å². The molecule has 0 unspecified atom stereocenters. The number of rotatable bonds is 3.